The molecule has 0 unspecified atom stereocenters. The number of benzene rings is 2. The third-order valence-corrected chi connectivity index (χ3v) is 6.44. The highest BCUT2D eigenvalue weighted by molar-refractivity contribution is 7.22. The molecule has 0 radical (unpaired) electrons. The van der Waals surface area contributed by atoms with Crippen molar-refractivity contribution >= 4 is 50.6 Å². The third kappa shape index (κ3) is 6.74. The summed E-state index contributed by atoms with van der Waals surface area (Å²) in [5.74, 6) is 0.155. The van der Waals surface area contributed by atoms with Crippen LogP contribution in [0, 0.1) is 12.8 Å². The Morgan fingerprint density at radius 3 is 2.70 bits per heavy atom. The van der Waals surface area contributed by atoms with Crippen LogP contribution < -0.4 is 10.5 Å². The van der Waals surface area contributed by atoms with E-state index in [0.29, 0.717) is 35.4 Å². The van der Waals surface area contributed by atoms with Crippen molar-refractivity contribution in [2.45, 2.75) is 46.7 Å². The number of carbonyl (C=O) groups is 2. The number of nitrogens with zero attached hydrogens (tertiary/aromatic N) is 3. The molecule has 0 saturated carbocycles. The summed E-state index contributed by atoms with van der Waals surface area (Å²) >= 11 is 7.65. The fourth-order valence-corrected chi connectivity index (χ4v) is 4.70. The lowest BCUT2D eigenvalue weighted by Gasteiger charge is -2.33. The molecule has 0 bridgehead atoms. The van der Waals surface area contributed by atoms with E-state index >= 15 is 0 Å². The second kappa shape index (κ2) is 11.6. The van der Waals surface area contributed by atoms with Crippen LogP contribution in [-0.2, 0) is 21.0 Å². The van der Waals surface area contributed by atoms with Crippen LogP contribution in [0.5, 0.6) is 0 Å². The van der Waals surface area contributed by atoms with Gasteiger partial charge in [0.15, 0.2) is 0 Å². The van der Waals surface area contributed by atoms with Crippen LogP contribution in [0.4, 0.5) is 5.13 Å². The Balaban J connectivity index is 1.74. The molecular formula is C24H29ClN4O3S. The molecule has 1 N–H and O–H groups in total. The summed E-state index contributed by atoms with van der Waals surface area (Å²) in [6, 6.07) is 13.1. The fourth-order valence-electron chi connectivity index (χ4n) is 3.51. The fraction of sp³-hybridized carbons (Fsp3) is 0.375. The summed E-state index contributed by atoms with van der Waals surface area (Å²) in [5.41, 5.74) is 6.00. The van der Waals surface area contributed by atoms with Crippen molar-refractivity contribution < 1.29 is 14.4 Å². The minimum Gasteiger partial charge on any atom is -0.276 e. The van der Waals surface area contributed by atoms with Gasteiger partial charge in [-0.05, 0) is 48.6 Å². The summed E-state index contributed by atoms with van der Waals surface area (Å²) in [5, 5.41) is 3.78. The predicted octanol–water partition coefficient (Wildman–Crippen LogP) is 5.12. The van der Waals surface area contributed by atoms with Crippen molar-refractivity contribution in [2.75, 3.05) is 11.7 Å². The van der Waals surface area contributed by atoms with E-state index in [1.807, 2.05) is 49.4 Å². The van der Waals surface area contributed by atoms with Gasteiger partial charge in [-0.3, -0.25) is 19.4 Å². The number of anilines is 1. The van der Waals surface area contributed by atoms with Crippen LogP contribution in [0.15, 0.2) is 42.5 Å². The lowest BCUT2D eigenvalue weighted by Crippen LogP contribution is -2.51. The summed E-state index contributed by atoms with van der Waals surface area (Å²) in [6.07, 6.45) is 1.28. The molecule has 3 aromatic rings. The first-order valence-electron chi connectivity index (χ1n) is 10.8. The monoisotopic (exact) mass is 488 g/mol. The Kier molecular flexibility index (Phi) is 8.80. The van der Waals surface area contributed by atoms with Gasteiger partial charge < -0.3 is 0 Å². The number of rotatable bonds is 11. The molecule has 9 heteroatoms. The van der Waals surface area contributed by atoms with Crippen LogP contribution in [-0.4, -0.2) is 35.0 Å². The van der Waals surface area contributed by atoms with Crippen molar-refractivity contribution in [1.82, 2.24) is 15.4 Å². The van der Waals surface area contributed by atoms with Crippen molar-refractivity contribution in [3.63, 3.8) is 0 Å². The Labute approximate surface area is 203 Å². The van der Waals surface area contributed by atoms with Gasteiger partial charge in [0.25, 0.3) is 0 Å². The number of hydrazine groups is 1. The average Bonchev–Trinajstić information content (AvgIpc) is 3.17. The molecule has 0 aliphatic rings. The molecule has 2 aromatic carbocycles. The molecule has 176 valence electrons. The van der Waals surface area contributed by atoms with Gasteiger partial charge >= 0.3 is 0 Å². The van der Waals surface area contributed by atoms with Gasteiger partial charge in [0.05, 0.1) is 22.9 Å². The largest absolute Gasteiger partial charge is 0.276 e. The van der Waals surface area contributed by atoms with Crippen molar-refractivity contribution in [1.29, 1.82) is 0 Å². The number of hydrogen-bond donors (Lipinski definition) is 1. The Morgan fingerprint density at radius 2 is 2.03 bits per heavy atom. The van der Waals surface area contributed by atoms with E-state index < -0.39 is 0 Å². The summed E-state index contributed by atoms with van der Waals surface area (Å²) < 4.78 is 0.978. The normalized spacial score (nSPS) is 12.2. The molecule has 0 aliphatic heterocycles. The molecule has 1 aromatic heterocycles. The smallest absolute Gasteiger partial charge is 0.240 e. The summed E-state index contributed by atoms with van der Waals surface area (Å²) in [7, 11) is 0. The third-order valence-electron chi connectivity index (χ3n) is 5.07. The lowest BCUT2D eigenvalue weighted by molar-refractivity contribution is -0.138. The average molecular weight is 489 g/mol. The van der Waals surface area contributed by atoms with Crippen molar-refractivity contribution in [3.05, 3.63) is 58.6 Å². The van der Waals surface area contributed by atoms with Gasteiger partial charge in [-0.1, -0.05) is 61.1 Å². The second-order valence-corrected chi connectivity index (χ2v) is 9.71. The SMILES string of the molecule is CC(=O)N(NCc1ccccc1Cl)[C@H](CON(C=O)c1nc2ccc(C)cc2s1)CC(C)C. The number of nitrogens with one attached hydrogen (secondary N) is 1. The molecule has 0 spiro atoms. The molecular weight excluding hydrogens is 460 g/mol. The van der Waals surface area contributed by atoms with E-state index in [9.17, 15) is 9.59 Å². The Bertz CT molecular complexity index is 1100. The lowest BCUT2D eigenvalue weighted by atomic mass is 10.0. The molecule has 3 rings (SSSR count). The van der Waals surface area contributed by atoms with Crippen LogP contribution in [0.1, 0.15) is 38.3 Å². The first kappa shape index (κ1) is 25.1. The highest BCUT2D eigenvalue weighted by atomic mass is 35.5. The predicted molar refractivity (Wildman–Crippen MR) is 133 cm³/mol. The topological polar surface area (TPSA) is 74.8 Å². The van der Waals surface area contributed by atoms with Gasteiger partial charge in [-0.25, -0.2) is 10.4 Å². The number of amides is 2. The van der Waals surface area contributed by atoms with Crippen LogP contribution in [0.25, 0.3) is 10.2 Å². The van der Waals surface area contributed by atoms with E-state index in [0.717, 1.165) is 26.4 Å². The zero-order valence-electron chi connectivity index (χ0n) is 19.2. The minimum atomic E-state index is -0.302. The molecule has 1 heterocycles. The zero-order valence-corrected chi connectivity index (χ0v) is 20.8. The van der Waals surface area contributed by atoms with E-state index in [-0.39, 0.29) is 18.6 Å². The maximum atomic E-state index is 12.5. The molecule has 0 aliphatic carbocycles. The van der Waals surface area contributed by atoms with E-state index in [1.165, 1.54) is 18.3 Å². The standard InChI is InChI=1S/C24H29ClN4O3S/c1-16(2)11-20(29(18(4)31)26-13-19-7-5-6-8-21(19)25)14-32-28(15-30)24-27-22-10-9-17(3)12-23(22)33-24/h5-10,12,15-16,20,26H,11,13-14H2,1-4H3/t20-/m0/s1. The number of thiazole rings is 1. The van der Waals surface area contributed by atoms with Gasteiger partial charge in [0, 0.05) is 18.5 Å². The van der Waals surface area contributed by atoms with Crippen LogP contribution in [0.3, 0.4) is 0 Å². The quantitative estimate of drug-likeness (QED) is 0.299. The number of halogens is 1. The number of aromatic nitrogens is 1. The first-order valence-corrected chi connectivity index (χ1v) is 12.0. The summed E-state index contributed by atoms with van der Waals surface area (Å²) in [4.78, 5) is 34.6. The molecule has 7 nitrogen and oxygen atoms in total. The highest BCUT2D eigenvalue weighted by Crippen LogP contribution is 2.29. The molecule has 2 amide bonds. The van der Waals surface area contributed by atoms with Crippen molar-refractivity contribution in [2.24, 2.45) is 5.92 Å². The molecule has 0 fully saturated rings. The van der Waals surface area contributed by atoms with E-state index in [2.05, 4.69) is 24.3 Å². The number of fused-ring (bicyclic) bond motifs is 1. The molecule has 33 heavy (non-hydrogen) atoms. The van der Waals surface area contributed by atoms with Gasteiger partial charge in [0.1, 0.15) is 0 Å². The number of hydrogen-bond acceptors (Lipinski definition) is 6. The highest BCUT2D eigenvalue weighted by Gasteiger charge is 2.25. The number of aryl methyl sites for hydroxylation is 1. The maximum absolute atomic E-state index is 12.5. The number of hydroxylamine groups is 1. The Hall–Kier alpha value is -2.52. The Morgan fingerprint density at radius 1 is 1.27 bits per heavy atom. The minimum absolute atomic E-state index is 0.126. The second-order valence-electron chi connectivity index (χ2n) is 8.29. The van der Waals surface area contributed by atoms with E-state index in [4.69, 9.17) is 16.4 Å². The van der Waals surface area contributed by atoms with Gasteiger partial charge in [-0.2, -0.15) is 5.06 Å². The molecule has 1 atom stereocenters. The zero-order chi connectivity index (χ0) is 24.0. The first-order chi connectivity index (χ1) is 15.8. The van der Waals surface area contributed by atoms with Crippen molar-refractivity contribution in [3.8, 4) is 0 Å². The van der Waals surface area contributed by atoms with Crippen LogP contribution >= 0.6 is 22.9 Å². The van der Waals surface area contributed by atoms with E-state index in [1.54, 1.807) is 5.01 Å². The maximum Gasteiger partial charge on any atom is 0.240 e. The molecule has 0 saturated heterocycles. The van der Waals surface area contributed by atoms with Crippen LogP contribution in [0.2, 0.25) is 5.02 Å². The van der Waals surface area contributed by atoms with Gasteiger partial charge in [-0.15, -0.1) is 0 Å². The summed E-state index contributed by atoms with van der Waals surface area (Å²) in [6.45, 7) is 8.18. The van der Waals surface area contributed by atoms with Gasteiger partial charge in [0.2, 0.25) is 17.4 Å². The number of carbonyl (C=O) groups excluding carboxylic acids is 2.